The van der Waals surface area contributed by atoms with Gasteiger partial charge in [-0.2, -0.15) is 0 Å². The van der Waals surface area contributed by atoms with Crippen molar-refractivity contribution in [2.24, 2.45) is 0 Å². The maximum atomic E-state index is 13.4. The van der Waals surface area contributed by atoms with Crippen LogP contribution >= 0.6 is 27.5 Å². The molecule has 0 bridgehead atoms. The Morgan fingerprint density at radius 2 is 1.80 bits per heavy atom. The summed E-state index contributed by atoms with van der Waals surface area (Å²) in [5, 5.41) is -0.0461. The van der Waals surface area contributed by atoms with Crippen molar-refractivity contribution in [3.63, 3.8) is 0 Å². The maximum absolute atomic E-state index is 13.4. The molecule has 0 aliphatic carbocycles. The Kier molecular flexibility index (Phi) is 4.50. The number of Topliss-reactive ketones (excluding diaryl/α,β-unsaturated/α-hetero) is 1. The predicted molar refractivity (Wildman–Crippen MR) is 73.5 cm³/mol. The minimum absolute atomic E-state index is 0.000687. The van der Waals surface area contributed by atoms with Gasteiger partial charge in [-0.15, -0.1) is 0 Å². The third kappa shape index (κ3) is 3.04. The third-order valence-corrected chi connectivity index (χ3v) is 3.77. The summed E-state index contributed by atoms with van der Waals surface area (Å²) in [7, 11) is 0. The molecule has 0 aliphatic heterocycles. The van der Waals surface area contributed by atoms with Crippen molar-refractivity contribution < 1.29 is 18.0 Å². The predicted octanol–water partition coefficient (Wildman–Crippen LogP) is 4.95. The zero-order valence-electron chi connectivity index (χ0n) is 9.89. The molecule has 0 unspecified atom stereocenters. The van der Waals surface area contributed by atoms with Crippen LogP contribution in [0.3, 0.4) is 0 Å². The Morgan fingerprint density at radius 1 is 1.10 bits per heavy atom. The number of rotatable bonds is 3. The molecule has 0 radical (unpaired) electrons. The minimum atomic E-state index is -1.13. The molecule has 104 valence electrons. The van der Waals surface area contributed by atoms with Gasteiger partial charge in [-0.3, -0.25) is 4.79 Å². The van der Waals surface area contributed by atoms with Gasteiger partial charge in [-0.25, -0.2) is 13.2 Å². The number of hydrogen-bond acceptors (Lipinski definition) is 1. The Balaban J connectivity index is 2.28. The summed E-state index contributed by atoms with van der Waals surface area (Å²) in [6.45, 7) is 0. The van der Waals surface area contributed by atoms with E-state index in [-0.39, 0.29) is 21.5 Å². The standard InChI is InChI=1S/C14H7BrClF3O/c15-13-8(2-4-10(17)14(13)19)12(20)6-7-1-3-9(16)11(18)5-7/h1-5H,6H2. The van der Waals surface area contributed by atoms with Crippen LogP contribution in [0.15, 0.2) is 34.8 Å². The first-order chi connectivity index (χ1) is 9.40. The van der Waals surface area contributed by atoms with E-state index in [9.17, 15) is 18.0 Å². The molecule has 0 saturated heterocycles. The lowest BCUT2D eigenvalue weighted by Gasteiger charge is -2.06. The molecule has 0 fully saturated rings. The summed E-state index contributed by atoms with van der Waals surface area (Å²) in [4.78, 5) is 12.0. The molecule has 0 aromatic heterocycles. The molecular formula is C14H7BrClF3O. The molecule has 1 nitrogen and oxygen atoms in total. The van der Waals surface area contributed by atoms with E-state index >= 15 is 0 Å². The first-order valence-corrected chi connectivity index (χ1v) is 6.68. The van der Waals surface area contributed by atoms with Crippen LogP contribution in [-0.2, 0) is 6.42 Å². The quantitative estimate of drug-likeness (QED) is 0.557. The van der Waals surface area contributed by atoms with Gasteiger partial charge in [-0.05, 0) is 45.8 Å². The lowest BCUT2D eigenvalue weighted by atomic mass is 10.0. The summed E-state index contributed by atoms with van der Waals surface area (Å²) in [5.74, 6) is -3.28. The second-order valence-corrected chi connectivity index (χ2v) is 5.27. The van der Waals surface area contributed by atoms with Crippen molar-refractivity contribution in [2.45, 2.75) is 6.42 Å². The van der Waals surface area contributed by atoms with Gasteiger partial charge in [0.1, 0.15) is 5.82 Å². The first kappa shape index (κ1) is 15.1. The fourth-order valence-electron chi connectivity index (χ4n) is 1.67. The fourth-order valence-corrected chi connectivity index (χ4v) is 2.33. The monoisotopic (exact) mass is 362 g/mol. The van der Waals surface area contributed by atoms with Gasteiger partial charge in [0.05, 0.1) is 9.50 Å². The maximum Gasteiger partial charge on any atom is 0.173 e. The Hall–Kier alpha value is -1.33. The minimum Gasteiger partial charge on any atom is -0.294 e. The highest BCUT2D eigenvalue weighted by atomic mass is 79.9. The highest BCUT2D eigenvalue weighted by molar-refractivity contribution is 9.10. The first-order valence-electron chi connectivity index (χ1n) is 5.50. The molecule has 0 atom stereocenters. The fraction of sp³-hybridized carbons (Fsp3) is 0.0714. The van der Waals surface area contributed by atoms with E-state index in [2.05, 4.69) is 15.9 Å². The van der Waals surface area contributed by atoms with Crippen LogP contribution in [0.25, 0.3) is 0 Å². The molecule has 6 heteroatoms. The lowest BCUT2D eigenvalue weighted by molar-refractivity contribution is 0.0991. The van der Waals surface area contributed by atoms with Crippen LogP contribution in [-0.4, -0.2) is 5.78 Å². The van der Waals surface area contributed by atoms with Crippen LogP contribution in [0.5, 0.6) is 0 Å². The van der Waals surface area contributed by atoms with E-state index in [1.54, 1.807) is 0 Å². The second-order valence-electron chi connectivity index (χ2n) is 4.07. The summed E-state index contributed by atoms with van der Waals surface area (Å²) in [6.07, 6.45) is -0.141. The molecule has 2 rings (SSSR count). The van der Waals surface area contributed by atoms with Crippen molar-refractivity contribution in [2.75, 3.05) is 0 Å². The zero-order chi connectivity index (χ0) is 14.9. The Bertz CT molecular complexity index is 688. The van der Waals surface area contributed by atoms with Gasteiger partial charge >= 0.3 is 0 Å². The van der Waals surface area contributed by atoms with E-state index in [0.29, 0.717) is 5.56 Å². The number of carbonyl (C=O) groups is 1. The van der Waals surface area contributed by atoms with Gasteiger partial charge < -0.3 is 0 Å². The van der Waals surface area contributed by atoms with Crippen molar-refractivity contribution in [3.05, 3.63) is 68.4 Å². The van der Waals surface area contributed by atoms with Gasteiger partial charge in [-0.1, -0.05) is 17.7 Å². The highest BCUT2D eigenvalue weighted by Gasteiger charge is 2.17. The molecule has 0 aliphatic rings. The number of hydrogen-bond donors (Lipinski definition) is 0. The molecule has 2 aromatic rings. The van der Waals surface area contributed by atoms with Gasteiger partial charge in [0, 0.05) is 12.0 Å². The number of benzene rings is 2. The van der Waals surface area contributed by atoms with Gasteiger partial charge in [0.15, 0.2) is 17.4 Å². The van der Waals surface area contributed by atoms with Crippen molar-refractivity contribution in [1.29, 1.82) is 0 Å². The molecule has 0 spiro atoms. The normalized spacial score (nSPS) is 10.7. The Labute approximate surface area is 126 Å². The number of ketones is 1. The average molecular weight is 364 g/mol. The summed E-state index contributed by atoms with van der Waals surface area (Å²) < 4.78 is 39.3. The van der Waals surface area contributed by atoms with E-state index in [4.69, 9.17) is 11.6 Å². The average Bonchev–Trinajstić information content (AvgIpc) is 2.40. The molecular weight excluding hydrogens is 357 g/mol. The SMILES string of the molecule is O=C(Cc1ccc(Cl)c(F)c1)c1ccc(F)c(F)c1Br. The summed E-state index contributed by atoms with van der Waals surface area (Å²) >= 11 is 8.38. The Morgan fingerprint density at radius 3 is 2.45 bits per heavy atom. The van der Waals surface area contributed by atoms with E-state index in [1.165, 1.54) is 18.2 Å². The van der Waals surface area contributed by atoms with Gasteiger partial charge in [0.25, 0.3) is 0 Å². The van der Waals surface area contributed by atoms with Crippen LogP contribution in [0.4, 0.5) is 13.2 Å². The van der Waals surface area contributed by atoms with Gasteiger partial charge in [0.2, 0.25) is 0 Å². The highest BCUT2D eigenvalue weighted by Crippen LogP contribution is 2.25. The van der Waals surface area contributed by atoms with Crippen LogP contribution < -0.4 is 0 Å². The molecule has 0 amide bonds. The molecule has 0 N–H and O–H groups in total. The van der Waals surface area contributed by atoms with Crippen LogP contribution in [0, 0.1) is 17.5 Å². The van der Waals surface area contributed by atoms with Crippen molar-refractivity contribution in [1.82, 2.24) is 0 Å². The zero-order valence-corrected chi connectivity index (χ0v) is 12.2. The summed E-state index contributed by atoms with van der Waals surface area (Å²) in [6, 6.07) is 6.01. The molecule has 20 heavy (non-hydrogen) atoms. The largest absolute Gasteiger partial charge is 0.294 e. The van der Waals surface area contributed by atoms with E-state index in [1.807, 2.05) is 0 Å². The number of halogens is 5. The number of carbonyl (C=O) groups excluding carboxylic acids is 1. The molecule has 0 saturated carbocycles. The summed E-state index contributed by atoms with van der Waals surface area (Å²) in [5.41, 5.74) is 0.396. The molecule has 2 aromatic carbocycles. The van der Waals surface area contributed by atoms with Crippen molar-refractivity contribution in [3.8, 4) is 0 Å². The second kappa shape index (κ2) is 5.97. The van der Waals surface area contributed by atoms with E-state index < -0.39 is 23.2 Å². The third-order valence-electron chi connectivity index (χ3n) is 2.68. The van der Waals surface area contributed by atoms with Crippen LogP contribution in [0.1, 0.15) is 15.9 Å². The lowest BCUT2D eigenvalue weighted by Crippen LogP contribution is -2.06. The van der Waals surface area contributed by atoms with E-state index in [0.717, 1.165) is 12.1 Å². The molecule has 0 heterocycles. The van der Waals surface area contributed by atoms with Crippen molar-refractivity contribution >= 4 is 33.3 Å². The smallest absolute Gasteiger partial charge is 0.173 e. The topological polar surface area (TPSA) is 17.1 Å². The van der Waals surface area contributed by atoms with Crippen LogP contribution in [0.2, 0.25) is 5.02 Å².